The molecule has 0 bridgehead atoms. The summed E-state index contributed by atoms with van der Waals surface area (Å²) in [6.45, 7) is 8.10. The minimum absolute atomic E-state index is 0.185. The Morgan fingerprint density at radius 3 is 2.58 bits per heavy atom. The predicted octanol–water partition coefficient (Wildman–Crippen LogP) is 2.79. The van der Waals surface area contributed by atoms with Crippen LogP contribution in [0.5, 0.6) is 0 Å². The number of hydrogen-bond acceptors (Lipinski definition) is 3. The van der Waals surface area contributed by atoms with Crippen molar-refractivity contribution in [1.82, 2.24) is 14.7 Å². The maximum Gasteiger partial charge on any atom is 0.253 e. The lowest BCUT2D eigenvalue weighted by Crippen LogP contribution is -2.49. The molecule has 1 unspecified atom stereocenters. The Bertz CT molecular complexity index is 556. The van der Waals surface area contributed by atoms with Crippen molar-refractivity contribution < 1.29 is 4.79 Å². The fourth-order valence-corrected chi connectivity index (χ4v) is 3.37. The van der Waals surface area contributed by atoms with E-state index < -0.39 is 0 Å². The zero-order valence-electron chi connectivity index (χ0n) is 16.0. The highest BCUT2D eigenvalue weighted by Crippen LogP contribution is 2.19. The van der Waals surface area contributed by atoms with Gasteiger partial charge in [0.1, 0.15) is 0 Å². The summed E-state index contributed by atoms with van der Waals surface area (Å²) in [6.07, 6.45) is 3.46. The number of nitrogens with zero attached hydrogens (tertiary/aromatic N) is 3. The highest BCUT2D eigenvalue weighted by molar-refractivity contribution is 5.94. The van der Waals surface area contributed by atoms with Crippen LogP contribution in [0.3, 0.4) is 0 Å². The molecule has 1 aliphatic rings. The molecule has 0 spiro atoms. The third kappa shape index (κ3) is 5.05. The van der Waals surface area contributed by atoms with Crippen molar-refractivity contribution in [2.75, 3.05) is 47.3 Å². The van der Waals surface area contributed by atoms with Gasteiger partial charge in [-0.1, -0.05) is 6.07 Å². The topological polar surface area (TPSA) is 26.8 Å². The number of amides is 1. The molecule has 0 aromatic heterocycles. The van der Waals surface area contributed by atoms with Crippen LogP contribution in [0.4, 0.5) is 0 Å². The molecule has 134 valence electrons. The normalized spacial score (nSPS) is 18.5. The fraction of sp³-hybridized carbons (Fsp3) is 0.650. The van der Waals surface area contributed by atoms with E-state index >= 15 is 0 Å². The van der Waals surface area contributed by atoms with Crippen LogP contribution in [0.2, 0.25) is 0 Å². The Balaban J connectivity index is 1.94. The number of benzene rings is 1. The summed E-state index contributed by atoms with van der Waals surface area (Å²) in [5.41, 5.74) is 3.26. The van der Waals surface area contributed by atoms with Crippen molar-refractivity contribution in [2.45, 2.75) is 39.2 Å². The number of carbonyl (C=O) groups excluding carboxylic acids is 1. The van der Waals surface area contributed by atoms with E-state index in [1.54, 1.807) is 0 Å². The fourth-order valence-electron chi connectivity index (χ4n) is 3.37. The van der Waals surface area contributed by atoms with Gasteiger partial charge >= 0.3 is 0 Å². The summed E-state index contributed by atoms with van der Waals surface area (Å²) in [4.78, 5) is 19.5. The summed E-state index contributed by atoms with van der Waals surface area (Å²) < 4.78 is 0. The standard InChI is InChI=1S/C20H33N3O/c1-16-9-10-18(14-17(16)2)20(24)23-13-6-8-19(15-23)22(5)12-7-11-21(3)4/h9-10,14,19H,6-8,11-13,15H2,1-5H3. The van der Waals surface area contributed by atoms with E-state index in [-0.39, 0.29) is 5.91 Å². The lowest BCUT2D eigenvalue weighted by atomic mass is 10.0. The molecule has 1 atom stereocenters. The van der Waals surface area contributed by atoms with Crippen molar-refractivity contribution in [3.8, 4) is 0 Å². The van der Waals surface area contributed by atoms with Crippen molar-refractivity contribution in [2.24, 2.45) is 0 Å². The van der Waals surface area contributed by atoms with Gasteiger partial charge in [-0.25, -0.2) is 0 Å². The van der Waals surface area contributed by atoms with Crippen molar-refractivity contribution in [3.05, 3.63) is 34.9 Å². The van der Waals surface area contributed by atoms with Gasteiger partial charge in [0, 0.05) is 24.7 Å². The molecule has 4 heteroatoms. The molecule has 4 nitrogen and oxygen atoms in total. The minimum atomic E-state index is 0.185. The Kier molecular flexibility index (Phi) is 6.81. The smallest absolute Gasteiger partial charge is 0.253 e. The highest BCUT2D eigenvalue weighted by Gasteiger charge is 2.26. The van der Waals surface area contributed by atoms with Gasteiger partial charge in [-0.15, -0.1) is 0 Å². The largest absolute Gasteiger partial charge is 0.337 e. The second-order valence-electron chi connectivity index (χ2n) is 7.48. The van der Waals surface area contributed by atoms with Gasteiger partial charge in [-0.05, 0) is 90.6 Å². The first-order chi connectivity index (χ1) is 11.4. The number of likely N-dealkylation sites (N-methyl/N-ethyl adjacent to an activating group) is 1. The molecular weight excluding hydrogens is 298 g/mol. The molecule has 0 N–H and O–H groups in total. The van der Waals surface area contributed by atoms with E-state index in [2.05, 4.69) is 50.9 Å². The second kappa shape index (κ2) is 8.63. The Morgan fingerprint density at radius 2 is 1.92 bits per heavy atom. The van der Waals surface area contributed by atoms with Crippen molar-refractivity contribution in [3.63, 3.8) is 0 Å². The lowest BCUT2D eigenvalue weighted by molar-refractivity contribution is 0.0607. The molecular formula is C20H33N3O. The molecule has 24 heavy (non-hydrogen) atoms. The van der Waals surface area contributed by atoms with E-state index in [9.17, 15) is 4.79 Å². The Morgan fingerprint density at radius 1 is 1.17 bits per heavy atom. The van der Waals surface area contributed by atoms with Crippen LogP contribution in [0.15, 0.2) is 18.2 Å². The highest BCUT2D eigenvalue weighted by atomic mass is 16.2. The van der Waals surface area contributed by atoms with Crippen LogP contribution in [-0.4, -0.2) is 74.0 Å². The van der Waals surface area contributed by atoms with E-state index in [1.807, 2.05) is 17.0 Å². The first-order valence-corrected chi connectivity index (χ1v) is 9.10. The minimum Gasteiger partial charge on any atom is -0.337 e. The Hall–Kier alpha value is -1.39. The molecule has 1 aromatic rings. The van der Waals surface area contributed by atoms with Crippen LogP contribution < -0.4 is 0 Å². The van der Waals surface area contributed by atoms with Crippen molar-refractivity contribution >= 4 is 5.91 Å². The number of carbonyl (C=O) groups is 1. The summed E-state index contributed by atoms with van der Waals surface area (Å²) in [5, 5.41) is 0. The van der Waals surface area contributed by atoms with Crippen LogP contribution >= 0.6 is 0 Å². The molecule has 1 aromatic carbocycles. The molecule has 1 heterocycles. The average molecular weight is 332 g/mol. The molecule has 1 amide bonds. The number of aryl methyl sites for hydroxylation is 2. The molecule has 0 saturated carbocycles. The maximum absolute atomic E-state index is 12.8. The Labute approximate surface area is 147 Å². The van der Waals surface area contributed by atoms with Crippen LogP contribution in [-0.2, 0) is 0 Å². The van der Waals surface area contributed by atoms with Gasteiger partial charge < -0.3 is 14.7 Å². The average Bonchev–Trinajstić information content (AvgIpc) is 2.56. The van der Waals surface area contributed by atoms with Crippen molar-refractivity contribution in [1.29, 1.82) is 0 Å². The second-order valence-corrected chi connectivity index (χ2v) is 7.48. The third-order valence-corrected chi connectivity index (χ3v) is 5.18. The molecule has 0 radical (unpaired) electrons. The zero-order chi connectivity index (χ0) is 17.7. The quantitative estimate of drug-likeness (QED) is 0.802. The van der Waals surface area contributed by atoms with Gasteiger partial charge in [-0.3, -0.25) is 4.79 Å². The zero-order valence-corrected chi connectivity index (χ0v) is 16.0. The first kappa shape index (κ1) is 18.9. The number of rotatable bonds is 6. The predicted molar refractivity (Wildman–Crippen MR) is 101 cm³/mol. The van der Waals surface area contributed by atoms with Gasteiger partial charge in [0.25, 0.3) is 5.91 Å². The first-order valence-electron chi connectivity index (χ1n) is 9.10. The van der Waals surface area contributed by atoms with E-state index in [1.165, 1.54) is 24.0 Å². The summed E-state index contributed by atoms with van der Waals surface area (Å²) in [7, 11) is 6.43. The number of piperidine rings is 1. The molecule has 1 fully saturated rings. The number of likely N-dealkylation sites (tertiary alicyclic amines) is 1. The van der Waals surface area contributed by atoms with Crippen LogP contribution in [0, 0.1) is 13.8 Å². The van der Waals surface area contributed by atoms with E-state index in [0.29, 0.717) is 6.04 Å². The SMILES string of the molecule is Cc1ccc(C(=O)N2CCCC(N(C)CCCN(C)C)C2)cc1C. The van der Waals surface area contributed by atoms with E-state index in [0.717, 1.165) is 38.2 Å². The summed E-state index contributed by atoms with van der Waals surface area (Å²) >= 11 is 0. The van der Waals surface area contributed by atoms with E-state index in [4.69, 9.17) is 0 Å². The monoisotopic (exact) mass is 331 g/mol. The van der Waals surface area contributed by atoms with Gasteiger partial charge in [0.15, 0.2) is 0 Å². The molecule has 1 saturated heterocycles. The summed E-state index contributed by atoms with van der Waals surface area (Å²) in [5.74, 6) is 0.185. The van der Waals surface area contributed by atoms with Crippen LogP contribution in [0.1, 0.15) is 40.7 Å². The van der Waals surface area contributed by atoms with Gasteiger partial charge in [0.2, 0.25) is 0 Å². The maximum atomic E-state index is 12.8. The molecule has 0 aliphatic carbocycles. The van der Waals surface area contributed by atoms with Crippen LogP contribution in [0.25, 0.3) is 0 Å². The number of hydrogen-bond donors (Lipinski definition) is 0. The van der Waals surface area contributed by atoms with Gasteiger partial charge in [0.05, 0.1) is 0 Å². The molecule has 2 rings (SSSR count). The third-order valence-electron chi connectivity index (χ3n) is 5.18. The summed E-state index contributed by atoms with van der Waals surface area (Å²) in [6, 6.07) is 6.53. The van der Waals surface area contributed by atoms with Gasteiger partial charge in [-0.2, -0.15) is 0 Å². The molecule has 1 aliphatic heterocycles. The lowest BCUT2D eigenvalue weighted by Gasteiger charge is -2.38.